The van der Waals surface area contributed by atoms with Gasteiger partial charge in [-0.1, -0.05) is 24.3 Å². The monoisotopic (exact) mass is 1020 g/mol. The van der Waals surface area contributed by atoms with Crippen molar-refractivity contribution in [3.8, 4) is 24.3 Å². The molecule has 4 aliphatic heterocycles. The molecule has 0 amide bonds. The van der Waals surface area contributed by atoms with Crippen molar-refractivity contribution >= 4 is 69.4 Å². The fraction of sp³-hybridized carbons (Fsp3) is 0.0870. The lowest BCUT2D eigenvalue weighted by atomic mass is 10.1. The van der Waals surface area contributed by atoms with Crippen LogP contribution < -0.4 is 19.6 Å². The second kappa shape index (κ2) is 16.7. The number of amidine groups is 4. The molecule has 0 unspecified atom stereocenters. The highest BCUT2D eigenvalue weighted by Crippen LogP contribution is 2.48. The van der Waals surface area contributed by atoms with Crippen LogP contribution in [0.4, 0.5) is 98.7 Å². The van der Waals surface area contributed by atoms with Crippen molar-refractivity contribution in [1.29, 1.82) is 21.0 Å². The molecule has 2 aromatic heterocycles. The smallest absolute Gasteiger partial charge is 0.273 e. The maximum Gasteiger partial charge on any atom is 0.416 e. The van der Waals surface area contributed by atoms with Gasteiger partial charge in [0, 0.05) is 22.7 Å². The number of aliphatic imine (C=N–C) groups is 4. The van der Waals surface area contributed by atoms with E-state index in [4.69, 9.17) is 0 Å². The summed E-state index contributed by atoms with van der Waals surface area (Å²) in [5.41, 5.74) is -9.36. The molecule has 0 N–H and O–H groups in total. The molecular weight excluding hydrogens is 1000 g/mol. The minimum atomic E-state index is -4.99. The Morgan fingerprint density at radius 1 is 0.324 bits per heavy atom. The highest BCUT2D eigenvalue weighted by Gasteiger charge is 2.47. The first-order valence-corrected chi connectivity index (χ1v) is 20.5. The average Bonchev–Trinajstić information content (AvgIpc) is 4.01. The maximum atomic E-state index is 14.3. The average molecular weight is 1020 g/mol. The Morgan fingerprint density at radius 2 is 0.527 bits per heavy atom. The van der Waals surface area contributed by atoms with Gasteiger partial charge in [0.25, 0.3) is 0 Å². The first-order chi connectivity index (χ1) is 35.0. The van der Waals surface area contributed by atoms with Crippen molar-refractivity contribution in [1.82, 2.24) is 19.9 Å². The van der Waals surface area contributed by atoms with Gasteiger partial charge in [0.2, 0.25) is 11.6 Å². The Bertz CT molecular complexity index is 3300. The van der Waals surface area contributed by atoms with Crippen LogP contribution in [0.2, 0.25) is 0 Å². The van der Waals surface area contributed by atoms with Gasteiger partial charge in [-0.05, 0) is 72.8 Å². The van der Waals surface area contributed by atoms with Gasteiger partial charge in [-0.15, -0.1) is 0 Å². The number of aromatic nitrogens is 4. The fourth-order valence-electron chi connectivity index (χ4n) is 7.86. The van der Waals surface area contributed by atoms with E-state index < -0.39 is 151 Å². The summed E-state index contributed by atoms with van der Waals surface area (Å²) in [7, 11) is 0. The predicted octanol–water partition coefficient (Wildman–Crippen LogP) is 10.9. The summed E-state index contributed by atoms with van der Waals surface area (Å²) in [6.07, 6.45) is -19.9. The van der Waals surface area contributed by atoms with Crippen LogP contribution in [0, 0.1) is 45.3 Å². The number of anilines is 8. The molecule has 0 radical (unpaired) electrons. The van der Waals surface area contributed by atoms with Crippen LogP contribution in [0.25, 0.3) is 0 Å². The summed E-state index contributed by atoms with van der Waals surface area (Å²) in [5, 5.41) is 40.1. The lowest BCUT2D eigenvalue weighted by Gasteiger charge is -2.37. The number of benzene rings is 4. The van der Waals surface area contributed by atoms with Gasteiger partial charge in [-0.2, -0.15) is 73.7 Å². The number of nitriles is 4. The lowest BCUT2D eigenvalue weighted by Crippen LogP contribution is -2.46. The van der Waals surface area contributed by atoms with Crippen LogP contribution in [-0.2, 0) is 24.7 Å². The van der Waals surface area contributed by atoms with Crippen LogP contribution in [0.3, 0.4) is 0 Å². The second-order valence-electron chi connectivity index (χ2n) is 15.5. The predicted molar refractivity (Wildman–Crippen MR) is 234 cm³/mol. The Labute approximate surface area is 404 Å². The SMILES string of the molecule is N#Cc1nc2c(nc1C#N)N(c1cccc(C(F)(F)F)c1)C1=NC(=C3N=C4C(=N3)N(c3cccc(C(F)(F)F)c3)c3nc(C#N)c(C#N)nc3N4c3cccc(C(F)(F)F)c3)N=C1N2c1cccc(C(F)(F)F)c1. The van der Waals surface area contributed by atoms with Crippen LogP contribution in [-0.4, -0.2) is 43.3 Å². The van der Waals surface area contributed by atoms with E-state index in [0.717, 1.165) is 68.1 Å². The molecule has 74 heavy (non-hydrogen) atoms. The number of hydrogen-bond acceptors (Lipinski definition) is 16. The summed E-state index contributed by atoms with van der Waals surface area (Å²) >= 11 is 0. The highest BCUT2D eigenvalue weighted by molar-refractivity contribution is 6.56. The summed E-state index contributed by atoms with van der Waals surface area (Å²) in [4.78, 5) is 38.5. The molecule has 10 rings (SSSR count). The largest absolute Gasteiger partial charge is 0.416 e. The summed E-state index contributed by atoms with van der Waals surface area (Å²) in [6.45, 7) is 0. The minimum Gasteiger partial charge on any atom is -0.273 e. The van der Waals surface area contributed by atoms with Gasteiger partial charge >= 0.3 is 24.7 Å². The summed E-state index contributed by atoms with van der Waals surface area (Å²) in [5.74, 6) is -5.82. The van der Waals surface area contributed by atoms with Gasteiger partial charge in [-0.25, -0.2) is 39.9 Å². The molecule has 4 aliphatic rings. The quantitative estimate of drug-likeness (QED) is 0.151. The third-order valence-corrected chi connectivity index (χ3v) is 11.0. The molecule has 0 saturated heterocycles. The molecule has 28 heteroatoms. The number of nitrogens with zero attached hydrogens (tertiary/aromatic N) is 16. The fourth-order valence-corrected chi connectivity index (χ4v) is 7.86. The van der Waals surface area contributed by atoms with E-state index in [1.165, 1.54) is 0 Å². The molecule has 0 aliphatic carbocycles. The van der Waals surface area contributed by atoms with Crippen molar-refractivity contribution in [2.75, 3.05) is 19.6 Å². The molecule has 6 aromatic rings. The molecule has 4 aromatic carbocycles. The second-order valence-corrected chi connectivity index (χ2v) is 15.5. The normalized spacial score (nSPS) is 15.1. The molecule has 0 spiro atoms. The van der Waals surface area contributed by atoms with E-state index in [-0.39, 0.29) is 0 Å². The van der Waals surface area contributed by atoms with Crippen LogP contribution in [0.5, 0.6) is 0 Å². The highest BCUT2D eigenvalue weighted by atomic mass is 19.4. The molecule has 364 valence electrons. The molecule has 0 saturated carbocycles. The number of hydrogen-bond donors (Lipinski definition) is 0. The Balaban J connectivity index is 1.30. The molecule has 0 bridgehead atoms. The lowest BCUT2D eigenvalue weighted by molar-refractivity contribution is -0.138. The van der Waals surface area contributed by atoms with Gasteiger partial charge in [0.15, 0.2) is 69.4 Å². The number of fused-ring (bicyclic) bond motifs is 4. The molecule has 6 heterocycles. The Kier molecular flexibility index (Phi) is 10.7. The summed E-state index contributed by atoms with van der Waals surface area (Å²) in [6, 6.07) is 20.3. The summed E-state index contributed by atoms with van der Waals surface area (Å²) < 4.78 is 172. The molecule has 16 nitrogen and oxygen atoms in total. The van der Waals surface area contributed by atoms with Crippen LogP contribution in [0.15, 0.2) is 129 Å². The van der Waals surface area contributed by atoms with Crippen LogP contribution in [0.1, 0.15) is 45.0 Å². The number of rotatable bonds is 4. The zero-order chi connectivity index (χ0) is 52.8. The topological polar surface area (TPSA) is 209 Å². The number of halogens is 12. The van der Waals surface area contributed by atoms with Gasteiger partial charge in [0.1, 0.15) is 24.3 Å². The maximum absolute atomic E-state index is 14.3. The minimum absolute atomic E-state index is 0.413. The molecular formula is C46H16F12N16. The van der Waals surface area contributed by atoms with Gasteiger partial charge < -0.3 is 0 Å². The first-order valence-electron chi connectivity index (χ1n) is 20.5. The molecule has 0 fully saturated rings. The van der Waals surface area contributed by atoms with Crippen molar-refractivity contribution < 1.29 is 52.7 Å². The van der Waals surface area contributed by atoms with E-state index >= 15 is 0 Å². The standard InChI is InChI=1S/C46H16F12N16/c47-43(48,49)21-5-1-9-25(13-21)71-35-36(64-30(18-60)29(17-59)63-35)72(26-10-2-6-22(14-26)44(50,51)52)40-39(71)67-33(68-40)34-69-41-42(70-34)74(28-12-4-8-24(16-28)46(56,57)58)38-37(65-31(19-61)32(20-62)66-38)73(41)27-11-3-7-23(15-27)45(53,54)55/h1-16H. The Hall–Kier alpha value is -10.2. The third-order valence-electron chi connectivity index (χ3n) is 11.0. The third kappa shape index (κ3) is 7.92. The number of alkyl halides is 12. The zero-order valence-electron chi connectivity index (χ0n) is 35.9. The first kappa shape index (κ1) is 47.5. The van der Waals surface area contributed by atoms with E-state index in [9.17, 15) is 73.7 Å². The van der Waals surface area contributed by atoms with Crippen molar-refractivity contribution in [3.05, 3.63) is 154 Å². The van der Waals surface area contributed by atoms with E-state index in [1.54, 1.807) is 24.3 Å². The van der Waals surface area contributed by atoms with E-state index in [0.29, 0.717) is 48.5 Å². The molecule has 0 atom stereocenters. The van der Waals surface area contributed by atoms with Crippen molar-refractivity contribution in [2.24, 2.45) is 20.0 Å². The van der Waals surface area contributed by atoms with Crippen LogP contribution >= 0.6 is 0 Å². The van der Waals surface area contributed by atoms with Crippen molar-refractivity contribution in [3.63, 3.8) is 0 Å². The van der Waals surface area contributed by atoms with Crippen molar-refractivity contribution in [2.45, 2.75) is 24.7 Å². The Morgan fingerprint density at radius 3 is 0.703 bits per heavy atom. The van der Waals surface area contributed by atoms with Gasteiger partial charge in [-0.3, -0.25) is 19.6 Å². The zero-order valence-corrected chi connectivity index (χ0v) is 35.9. The van der Waals surface area contributed by atoms with E-state index in [1.807, 2.05) is 0 Å². The van der Waals surface area contributed by atoms with E-state index in [2.05, 4.69) is 39.9 Å². The van der Waals surface area contributed by atoms with Gasteiger partial charge in [0.05, 0.1) is 22.3 Å².